The van der Waals surface area contributed by atoms with E-state index < -0.39 is 4.92 Å². The molecule has 0 aliphatic rings. The van der Waals surface area contributed by atoms with E-state index in [9.17, 15) is 15.2 Å². The molecule has 0 heterocycles. The average Bonchev–Trinajstić information content (AvgIpc) is 2.49. The lowest BCUT2D eigenvalue weighted by Gasteiger charge is -2.10. The molecule has 0 aliphatic heterocycles. The third-order valence-electron chi connectivity index (χ3n) is 3.12. The summed E-state index contributed by atoms with van der Waals surface area (Å²) in [6.07, 6.45) is 0. The van der Waals surface area contributed by atoms with Crippen LogP contribution in [0.3, 0.4) is 0 Å². The molecule has 0 aromatic heterocycles. The maximum absolute atomic E-state index is 10.9. The van der Waals surface area contributed by atoms with Gasteiger partial charge in [-0.3, -0.25) is 10.1 Å². The molecular weight excluding hydrogens is 272 g/mol. The van der Waals surface area contributed by atoms with Crippen molar-refractivity contribution in [2.45, 2.75) is 13.1 Å². The summed E-state index contributed by atoms with van der Waals surface area (Å²) in [7, 11) is 1.49. The molecule has 21 heavy (non-hydrogen) atoms. The molecule has 0 saturated heterocycles. The predicted molar refractivity (Wildman–Crippen MR) is 78.3 cm³/mol. The fourth-order valence-electron chi connectivity index (χ4n) is 2.05. The van der Waals surface area contributed by atoms with Crippen LogP contribution >= 0.6 is 0 Å². The van der Waals surface area contributed by atoms with Gasteiger partial charge in [0.25, 0.3) is 5.69 Å². The van der Waals surface area contributed by atoms with Gasteiger partial charge in [-0.25, -0.2) is 0 Å². The fraction of sp³-hybridized carbons (Fsp3) is 0.200. The number of nitro groups is 1. The quantitative estimate of drug-likeness (QED) is 0.630. The van der Waals surface area contributed by atoms with Crippen molar-refractivity contribution < 1.29 is 14.8 Å². The second-order valence-corrected chi connectivity index (χ2v) is 4.46. The Kier molecular flexibility index (Phi) is 4.73. The summed E-state index contributed by atoms with van der Waals surface area (Å²) in [4.78, 5) is 10.5. The van der Waals surface area contributed by atoms with Crippen LogP contribution in [0.4, 0.5) is 5.69 Å². The summed E-state index contributed by atoms with van der Waals surface area (Å²) in [6.45, 7) is 0.725. The lowest BCUT2D eigenvalue weighted by Crippen LogP contribution is -2.14. The molecule has 6 heteroatoms. The Morgan fingerprint density at radius 1 is 1.14 bits per heavy atom. The average molecular weight is 288 g/mol. The van der Waals surface area contributed by atoms with Crippen molar-refractivity contribution in [1.82, 2.24) is 5.32 Å². The van der Waals surface area contributed by atoms with Gasteiger partial charge in [0.05, 0.1) is 12.0 Å². The molecule has 0 saturated carbocycles. The van der Waals surface area contributed by atoms with Gasteiger partial charge in [0.2, 0.25) is 0 Å². The SMILES string of the molecule is COc1cccc(CNCc2ccccc2[N+](=O)[O-])c1O. The van der Waals surface area contributed by atoms with E-state index in [1.807, 2.05) is 0 Å². The minimum absolute atomic E-state index is 0.0788. The van der Waals surface area contributed by atoms with Gasteiger partial charge in [-0.15, -0.1) is 0 Å². The lowest BCUT2D eigenvalue weighted by atomic mass is 10.1. The van der Waals surface area contributed by atoms with Gasteiger partial charge in [-0.1, -0.05) is 30.3 Å². The van der Waals surface area contributed by atoms with Crippen molar-refractivity contribution in [2.24, 2.45) is 0 Å². The number of rotatable bonds is 6. The molecule has 0 fully saturated rings. The highest BCUT2D eigenvalue weighted by molar-refractivity contribution is 5.45. The molecule has 2 rings (SSSR count). The number of phenols is 1. The topological polar surface area (TPSA) is 84.6 Å². The largest absolute Gasteiger partial charge is 0.504 e. The molecule has 2 aromatic rings. The first-order valence-electron chi connectivity index (χ1n) is 6.41. The van der Waals surface area contributed by atoms with Crippen molar-refractivity contribution in [2.75, 3.05) is 7.11 Å². The molecule has 110 valence electrons. The zero-order chi connectivity index (χ0) is 15.2. The number of hydrogen-bond acceptors (Lipinski definition) is 5. The van der Waals surface area contributed by atoms with Crippen molar-refractivity contribution in [3.8, 4) is 11.5 Å². The van der Waals surface area contributed by atoms with E-state index in [0.29, 0.717) is 30.0 Å². The molecule has 0 bridgehead atoms. The first kappa shape index (κ1) is 14.8. The van der Waals surface area contributed by atoms with E-state index in [1.54, 1.807) is 36.4 Å². The van der Waals surface area contributed by atoms with Crippen LogP contribution in [0.5, 0.6) is 11.5 Å². The third-order valence-corrected chi connectivity index (χ3v) is 3.12. The number of phenolic OH excluding ortho intramolecular Hbond substituents is 1. The zero-order valence-electron chi connectivity index (χ0n) is 11.6. The van der Waals surface area contributed by atoms with Crippen LogP contribution < -0.4 is 10.1 Å². The Morgan fingerprint density at radius 2 is 1.81 bits per heavy atom. The number of methoxy groups -OCH3 is 1. The Labute approximate surface area is 122 Å². The maximum Gasteiger partial charge on any atom is 0.273 e. The number of ether oxygens (including phenoxy) is 1. The molecule has 2 aromatic carbocycles. The van der Waals surface area contributed by atoms with Crippen LogP contribution in [0.25, 0.3) is 0 Å². The number of para-hydroxylation sites is 2. The fourth-order valence-corrected chi connectivity index (χ4v) is 2.05. The summed E-state index contributed by atoms with van der Waals surface area (Å²) in [5.74, 6) is 0.482. The number of nitro benzene ring substituents is 1. The van der Waals surface area contributed by atoms with Crippen LogP contribution in [0.2, 0.25) is 0 Å². The van der Waals surface area contributed by atoms with Crippen LogP contribution in [-0.4, -0.2) is 17.1 Å². The molecule has 0 radical (unpaired) electrons. The second-order valence-electron chi connectivity index (χ2n) is 4.46. The smallest absolute Gasteiger partial charge is 0.273 e. The molecule has 0 aliphatic carbocycles. The molecule has 0 amide bonds. The summed E-state index contributed by atoms with van der Waals surface area (Å²) in [6, 6.07) is 11.8. The van der Waals surface area contributed by atoms with Crippen LogP contribution in [-0.2, 0) is 13.1 Å². The Hall–Kier alpha value is -2.60. The van der Waals surface area contributed by atoms with Crippen molar-refractivity contribution >= 4 is 5.69 Å². The van der Waals surface area contributed by atoms with Crippen LogP contribution in [0.15, 0.2) is 42.5 Å². The minimum atomic E-state index is -0.403. The lowest BCUT2D eigenvalue weighted by molar-refractivity contribution is -0.385. The monoisotopic (exact) mass is 288 g/mol. The van der Waals surface area contributed by atoms with Gasteiger partial charge < -0.3 is 15.2 Å². The van der Waals surface area contributed by atoms with E-state index in [0.717, 1.165) is 0 Å². The van der Waals surface area contributed by atoms with Gasteiger partial charge in [0.1, 0.15) is 0 Å². The van der Waals surface area contributed by atoms with E-state index in [4.69, 9.17) is 4.74 Å². The summed E-state index contributed by atoms with van der Waals surface area (Å²) in [5, 5.41) is 24.0. The number of benzene rings is 2. The first-order chi connectivity index (χ1) is 10.1. The highest BCUT2D eigenvalue weighted by Gasteiger charge is 2.12. The number of nitrogens with zero attached hydrogens (tertiary/aromatic N) is 1. The molecule has 0 spiro atoms. The highest BCUT2D eigenvalue weighted by atomic mass is 16.6. The van der Waals surface area contributed by atoms with Gasteiger partial charge in [0, 0.05) is 30.3 Å². The van der Waals surface area contributed by atoms with E-state index in [2.05, 4.69) is 5.32 Å². The number of hydrogen-bond donors (Lipinski definition) is 2. The zero-order valence-corrected chi connectivity index (χ0v) is 11.6. The van der Waals surface area contributed by atoms with Gasteiger partial charge in [-0.05, 0) is 6.07 Å². The van der Waals surface area contributed by atoms with Gasteiger partial charge in [-0.2, -0.15) is 0 Å². The van der Waals surface area contributed by atoms with E-state index in [-0.39, 0.29) is 11.4 Å². The van der Waals surface area contributed by atoms with Crippen molar-refractivity contribution in [3.05, 3.63) is 63.7 Å². The van der Waals surface area contributed by atoms with E-state index >= 15 is 0 Å². The highest BCUT2D eigenvalue weighted by Crippen LogP contribution is 2.29. The second kappa shape index (κ2) is 6.71. The molecule has 2 N–H and O–H groups in total. The van der Waals surface area contributed by atoms with Crippen LogP contribution in [0, 0.1) is 10.1 Å². The molecule has 6 nitrogen and oxygen atoms in total. The standard InChI is InChI=1S/C15H16N2O4/c1-21-14-8-4-6-12(15(14)18)10-16-9-11-5-2-3-7-13(11)17(19)20/h2-8,16,18H,9-10H2,1H3. The van der Waals surface area contributed by atoms with Gasteiger partial charge >= 0.3 is 0 Å². The van der Waals surface area contributed by atoms with E-state index in [1.165, 1.54) is 13.2 Å². The van der Waals surface area contributed by atoms with Gasteiger partial charge in [0.15, 0.2) is 11.5 Å². The number of nitrogens with one attached hydrogen (secondary N) is 1. The third kappa shape index (κ3) is 3.49. The Morgan fingerprint density at radius 3 is 2.52 bits per heavy atom. The molecular formula is C15H16N2O4. The van der Waals surface area contributed by atoms with Crippen molar-refractivity contribution in [1.29, 1.82) is 0 Å². The Balaban J connectivity index is 2.04. The van der Waals surface area contributed by atoms with Crippen LogP contribution in [0.1, 0.15) is 11.1 Å². The Bertz CT molecular complexity index is 643. The predicted octanol–water partition coefficient (Wildman–Crippen LogP) is 2.60. The summed E-state index contributed by atoms with van der Waals surface area (Å²) >= 11 is 0. The molecule has 0 unspecified atom stereocenters. The normalized spacial score (nSPS) is 10.3. The summed E-state index contributed by atoms with van der Waals surface area (Å²) < 4.78 is 5.03. The minimum Gasteiger partial charge on any atom is -0.504 e. The van der Waals surface area contributed by atoms with Crippen molar-refractivity contribution in [3.63, 3.8) is 0 Å². The first-order valence-corrected chi connectivity index (χ1v) is 6.41. The summed E-state index contributed by atoms with van der Waals surface area (Å²) in [5.41, 5.74) is 1.36. The number of aromatic hydroxyl groups is 1. The molecule has 0 atom stereocenters. The maximum atomic E-state index is 10.9.